The molecule has 38 heavy (non-hydrogen) atoms. The van der Waals surface area contributed by atoms with E-state index in [4.69, 9.17) is 14.2 Å². The number of rotatable bonds is 10. The highest BCUT2D eigenvalue weighted by atomic mass is 16.5. The van der Waals surface area contributed by atoms with Gasteiger partial charge in [-0.25, -0.2) is 0 Å². The number of aromatic nitrogens is 1. The summed E-state index contributed by atoms with van der Waals surface area (Å²) in [5, 5.41) is 11.5. The minimum atomic E-state index is -0.851. The fourth-order valence-corrected chi connectivity index (χ4v) is 4.54. The van der Waals surface area contributed by atoms with Crippen LogP contribution in [-0.2, 0) is 16.1 Å². The maximum Gasteiger partial charge on any atom is 0.295 e. The molecule has 1 amide bonds. The molecule has 0 bridgehead atoms. The number of unbranched alkanes of at least 4 members (excludes halogenated alkanes) is 1. The Kier molecular flexibility index (Phi) is 8.31. The normalized spacial score (nSPS) is 16.5. The first-order chi connectivity index (χ1) is 18.4. The lowest BCUT2D eigenvalue weighted by Crippen LogP contribution is -2.29. The number of hydrogen-bond acceptors (Lipinski definition) is 7. The molecule has 1 N–H and O–H groups in total. The Hall–Kier alpha value is -4.33. The fraction of sp³-hybridized carbons (Fsp3) is 0.300. The predicted octanol–water partition coefficient (Wildman–Crippen LogP) is 5.21. The molecule has 1 aliphatic rings. The third-order valence-corrected chi connectivity index (χ3v) is 6.54. The van der Waals surface area contributed by atoms with Crippen LogP contribution in [0.2, 0.25) is 0 Å². The van der Waals surface area contributed by atoms with Gasteiger partial charge in [-0.2, -0.15) is 0 Å². The van der Waals surface area contributed by atoms with Gasteiger partial charge in [0.15, 0.2) is 11.5 Å². The first-order valence-electron chi connectivity index (χ1n) is 12.5. The molecular formula is C30H32N2O6. The smallest absolute Gasteiger partial charge is 0.295 e. The lowest BCUT2D eigenvalue weighted by Gasteiger charge is -2.26. The van der Waals surface area contributed by atoms with Gasteiger partial charge < -0.3 is 24.2 Å². The van der Waals surface area contributed by atoms with E-state index in [1.54, 1.807) is 54.9 Å². The van der Waals surface area contributed by atoms with Crippen molar-refractivity contribution >= 4 is 17.4 Å². The topological polar surface area (TPSA) is 98.2 Å². The maximum atomic E-state index is 13.4. The van der Waals surface area contributed by atoms with Crippen molar-refractivity contribution in [3.05, 3.63) is 88.8 Å². The van der Waals surface area contributed by atoms with E-state index in [9.17, 15) is 14.7 Å². The van der Waals surface area contributed by atoms with Crippen LogP contribution in [0.5, 0.6) is 17.2 Å². The van der Waals surface area contributed by atoms with E-state index in [1.807, 2.05) is 13.0 Å². The van der Waals surface area contributed by atoms with Gasteiger partial charge >= 0.3 is 0 Å². The number of hydrogen-bond donors (Lipinski definition) is 1. The van der Waals surface area contributed by atoms with Crippen LogP contribution in [0.1, 0.15) is 48.1 Å². The molecule has 2 aromatic carbocycles. The summed E-state index contributed by atoms with van der Waals surface area (Å²) in [4.78, 5) is 32.3. The summed E-state index contributed by atoms with van der Waals surface area (Å²) >= 11 is 0. The molecule has 1 aliphatic heterocycles. The minimum absolute atomic E-state index is 0.00478. The minimum Gasteiger partial charge on any atom is -0.507 e. The molecule has 1 fully saturated rings. The molecule has 1 aromatic heterocycles. The molecule has 0 aliphatic carbocycles. The first kappa shape index (κ1) is 26.7. The standard InChI is InChI=1S/C30H32N2O6/c1-5-6-14-38-23-11-10-22(15-19(23)2)28(33)26-27(21-9-12-24(36-3)25(16-21)37-4)32(30(35)29(26)34)18-20-8-7-13-31-17-20/h7-13,15-17,27,33H,5-6,14,18H2,1-4H3/b28-26-. The molecule has 0 saturated carbocycles. The molecule has 0 radical (unpaired) electrons. The van der Waals surface area contributed by atoms with E-state index in [1.165, 1.54) is 19.1 Å². The second kappa shape index (κ2) is 11.8. The van der Waals surface area contributed by atoms with Crippen LogP contribution in [-0.4, -0.2) is 47.5 Å². The lowest BCUT2D eigenvalue weighted by atomic mass is 9.94. The number of methoxy groups -OCH3 is 2. The highest BCUT2D eigenvalue weighted by molar-refractivity contribution is 6.46. The Labute approximate surface area is 222 Å². The zero-order chi connectivity index (χ0) is 27.2. The van der Waals surface area contributed by atoms with Gasteiger partial charge in [0.05, 0.1) is 32.4 Å². The van der Waals surface area contributed by atoms with Crippen molar-refractivity contribution in [2.45, 2.75) is 39.3 Å². The summed E-state index contributed by atoms with van der Waals surface area (Å²) in [6, 6.07) is 13.2. The van der Waals surface area contributed by atoms with Crippen molar-refractivity contribution in [3.63, 3.8) is 0 Å². The number of aliphatic hydroxyl groups excluding tert-OH is 1. The van der Waals surface area contributed by atoms with Gasteiger partial charge in [-0.3, -0.25) is 14.6 Å². The SMILES string of the molecule is CCCCOc1ccc(/C(O)=C2/C(=O)C(=O)N(Cc3cccnc3)C2c2ccc(OC)c(OC)c2)cc1C. The van der Waals surface area contributed by atoms with Gasteiger partial charge in [0.2, 0.25) is 0 Å². The molecule has 1 atom stereocenters. The molecule has 1 saturated heterocycles. The molecule has 4 rings (SSSR count). The van der Waals surface area contributed by atoms with Crippen molar-refractivity contribution in [1.29, 1.82) is 0 Å². The van der Waals surface area contributed by atoms with Gasteiger partial charge in [0, 0.05) is 24.5 Å². The summed E-state index contributed by atoms with van der Waals surface area (Å²) in [6.07, 6.45) is 5.24. The molecular weight excluding hydrogens is 484 g/mol. The first-order valence-corrected chi connectivity index (χ1v) is 12.5. The number of nitrogens with zero attached hydrogens (tertiary/aromatic N) is 2. The Balaban J connectivity index is 1.82. The van der Waals surface area contributed by atoms with Crippen LogP contribution in [0, 0.1) is 6.92 Å². The highest BCUT2D eigenvalue weighted by Gasteiger charge is 2.46. The van der Waals surface area contributed by atoms with Gasteiger partial charge in [0.1, 0.15) is 11.5 Å². The predicted molar refractivity (Wildman–Crippen MR) is 143 cm³/mol. The number of ketones is 1. The number of ether oxygens (including phenoxy) is 3. The average Bonchev–Trinajstić information content (AvgIpc) is 3.18. The maximum absolute atomic E-state index is 13.4. The average molecular weight is 517 g/mol. The van der Waals surface area contributed by atoms with E-state index in [2.05, 4.69) is 11.9 Å². The van der Waals surface area contributed by atoms with Crippen molar-refractivity contribution < 1.29 is 28.9 Å². The van der Waals surface area contributed by atoms with Crippen LogP contribution in [0.3, 0.4) is 0 Å². The van der Waals surface area contributed by atoms with Crippen LogP contribution >= 0.6 is 0 Å². The van der Waals surface area contributed by atoms with Gasteiger partial charge in [0.25, 0.3) is 11.7 Å². The number of aliphatic hydroxyl groups is 1. The van der Waals surface area contributed by atoms with Gasteiger partial charge in [-0.1, -0.05) is 25.5 Å². The van der Waals surface area contributed by atoms with E-state index in [-0.39, 0.29) is 17.9 Å². The summed E-state index contributed by atoms with van der Waals surface area (Å²) in [7, 11) is 3.05. The van der Waals surface area contributed by atoms with Crippen LogP contribution in [0.4, 0.5) is 0 Å². The monoisotopic (exact) mass is 516 g/mol. The Bertz CT molecular complexity index is 1350. The molecule has 8 nitrogen and oxygen atoms in total. The second-order valence-corrected chi connectivity index (χ2v) is 9.08. The zero-order valence-electron chi connectivity index (χ0n) is 22.1. The summed E-state index contributed by atoms with van der Waals surface area (Å²) in [5.74, 6) is -0.0434. The summed E-state index contributed by atoms with van der Waals surface area (Å²) in [5.41, 5.74) is 2.60. The van der Waals surface area contributed by atoms with Crippen LogP contribution < -0.4 is 14.2 Å². The number of aryl methyl sites for hydroxylation is 1. The second-order valence-electron chi connectivity index (χ2n) is 9.08. The summed E-state index contributed by atoms with van der Waals surface area (Å²) in [6.45, 7) is 4.71. The van der Waals surface area contributed by atoms with Gasteiger partial charge in [-0.05, 0) is 66.4 Å². The molecule has 2 heterocycles. The number of carbonyl (C=O) groups is 2. The Morgan fingerprint density at radius 3 is 2.45 bits per heavy atom. The van der Waals surface area contributed by atoms with Gasteiger partial charge in [-0.15, -0.1) is 0 Å². The number of benzene rings is 2. The summed E-state index contributed by atoms with van der Waals surface area (Å²) < 4.78 is 16.7. The highest BCUT2D eigenvalue weighted by Crippen LogP contribution is 2.43. The largest absolute Gasteiger partial charge is 0.507 e. The van der Waals surface area contributed by atoms with E-state index in [0.717, 1.165) is 24.0 Å². The number of Topliss-reactive ketones (excluding diaryl/α,β-unsaturated/α-hetero) is 1. The van der Waals surface area contributed by atoms with Crippen LogP contribution in [0.25, 0.3) is 5.76 Å². The third-order valence-electron chi connectivity index (χ3n) is 6.54. The van der Waals surface area contributed by atoms with E-state index >= 15 is 0 Å². The zero-order valence-corrected chi connectivity index (χ0v) is 22.1. The van der Waals surface area contributed by atoms with Crippen molar-refractivity contribution in [2.24, 2.45) is 0 Å². The number of likely N-dealkylation sites (tertiary alicyclic amines) is 1. The van der Waals surface area contributed by atoms with E-state index < -0.39 is 17.7 Å². The number of pyridine rings is 1. The molecule has 8 heteroatoms. The molecule has 0 spiro atoms. The Morgan fingerprint density at radius 2 is 1.79 bits per heavy atom. The van der Waals surface area contributed by atoms with Crippen molar-refractivity contribution in [1.82, 2.24) is 9.88 Å². The molecule has 1 unspecified atom stereocenters. The Morgan fingerprint density at radius 1 is 1.03 bits per heavy atom. The third kappa shape index (κ3) is 5.34. The fourth-order valence-electron chi connectivity index (χ4n) is 4.54. The van der Waals surface area contributed by atoms with E-state index in [0.29, 0.717) is 35.0 Å². The molecule has 3 aromatic rings. The number of carbonyl (C=O) groups excluding carboxylic acids is 2. The quantitative estimate of drug-likeness (QED) is 0.171. The number of amides is 1. The van der Waals surface area contributed by atoms with Crippen LogP contribution in [0.15, 0.2) is 66.5 Å². The van der Waals surface area contributed by atoms with Crippen molar-refractivity contribution in [2.75, 3.05) is 20.8 Å². The molecule has 198 valence electrons. The lowest BCUT2D eigenvalue weighted by molar-refractivity contribution is -0.140. The van der Waals surface area contributed by atoms with Crippen molar-refractivity contribution in [3.8, 4) is 17.2 Å².